The summed E-state index contributed by atoms with van der Waals surface area (Å²) in [6.07, 6.45) is 1.28. The van der Waals surface area contributed by atoms with Crippen molar-refractivity contribution in [1.82, 2.24) is 10.6 Å². The molecule has 156 valence electrons. The van der Waals surface area contributed by atoms with Crippen LogP contribution < -0.4 is 10.6 Å². The number of hydrogen-bond acceptors (Lipinski definition) is 10. The van der Waals surface area contributed by atoms with Gasteiger partial charge in [-0.25, -0.2) is 9.59 Å². The first-order chi connectivity index (χ1) is 13.3. The number of carbonyl (C=O) groups is 6. The molecule has 0 atom stereocenters. The van der Waals surface area contributed by atoms with Crippen molar-refractivity contribution in [3.05, 3.63) is 12.2 Å². The lowest BCUT2D eigenvalue weighted by molar-refractivity contribution is -0.148. The van der Waals surface area contributed by atoms with Crippen LogP contribution in [0.1, 0.15) is 0 Å². The Morgan fingerprint density at radius 2 is 1.04 bits per heavy atom. The summed E-state index contributed by atoms with van der Waals surface area (Å²) >= 11 is 0. The quantitative estimate of drug-likeness (QED) is 0.135. The summed E-state index contributed by atoms with van der Waals surface area (Å²) in [5.41, 5.74) is 0. The highest BCUT2D eigenvalue weighted by Gasteiger charge is 2.16. The Bertz CT molecular complexity index is 563. The number of ketones is 2. The van der Waals surface area contributed by atoms with Crippen LogP contribution in [0.3, 0.4) is 0 Å². The molecule has 28 heavy (non-hydrogen) atoms. The number of carbonyl (C=O) groups excluding carboxylic acids is 6. The van der Waals surface area contributed by atoms with Gasteiger partial charge in [0.25, 0.3) is 23.4 Å². The van der Waals surface area contributed by atoms with Gasteiger partial charge in [0.15, 0.2) is 13.2 Å². The smallest absolute Gasteiger partial charge is 0.331 e. The third-order valence-corrected chi connectivity index (χ3v) is 2.74. The fourth-order valence-electron chi connectivity index (χ4n) is 1.37. The molecule has 0 fully saturated rings. The highest BCUT2D eigenvalue weighted by atomic mass is 16.5. The van der Waals surface area contributed by atoms with Crippen LogP contribution in [0.25, 0.3) is 0 Å². The van der Waals surface area contributed by atoms with E-state index in [9.17, 15) is 28.8 Å². The van der Waals surface area contributed by atoms with Gasteiger partial charge in [0, 0.05) is 39.5 Å². The molecule has 2 amide bonds. The molecule has 0 aromatic heterocycles. The molecule has 0 saturated heterocycles. The molecule has 0 aromatic carbocycles. The Hall–Kier alpha value is -3.12. The normalized spacial score (nSPS) is 10.2. The van der Waals surface area contributed by atoms with Crippen LogP contribution in [0.4, 0.5) is 0 Å². The molecule has 0 heterocycles. The minimum atomic E-state index is -1.08. The molecule has 0 radical (unpaired) electrons. The number of nitrogens with one attached hydrogen (secondary N) is 2. The maximum absolute atomic E-state index is 11.4. The summed E-state index contributed by atoms with van der Waals surface area (Å²) in [4.78, 5) is 68.1. The monoisotopic (exact) mass is 402 g/mol. The van der Waals surface area contributed by atoms with Gasteiger partial charge in [-0.15, -0.1) is 0 Å². The van der Waals surface area contributed by atoms with Crippen LogP contribution in [-0.4, -0.2) is 89.1 Å². The van der Waals surface area contributed by atoms with E-state index < -0.39 is 48.5 Å². The molecule has 0 bridgehead atoms. The number of rotatable bonds is 14. The van der Waals surface area contributed by atoms with Crippen LogP contribution in [0.2, 0.25) is 0 Å². The van der Waals surface area contributed by atoms with Gasteiger partial charge in [-0.2, -0.15) is 0 Å². The molecule has 12 nitrogen and oxygen atoms in total. The Balaban J connectivity index is 4.11. The largest absolute Gasteiger partial charge is 0.454 e. The second kappa shape index (κ2) is 15.0. The summed E-state index contributed by atoms with van der Waals surface area (Å²) in [6, 6.07) is 0. The van der Waals surface area contributed by atoms with Gasteiger partial charge < -0.3 is 29.6 Å². The number of methoxy groups -OCH3 is 2. The minimum Gasteiger partial charge on any atom is -0.454 e. The molecule has 2 N–H and O–H groups in total. The Morgan fingerprint density at radius 1 is 0.679 bits per heavy atom. The predicted molar refractivity (Wildman–Crippen MR) is 90.8 cm³/mol. The van der Waals surface area contributed by atoms with E-state index in [0.717, 1.165) is 0 Å². The third-order valence-electron chi connectivity index (χ3n) is 2.74. The van der Waals surface area contributed by atoms with Gasteiger partial charge in [0.05, 0.1) is 13.2 Å². The summed E-state index contributed by atoms with van der Waals surface area (Å²) in [5, 5.41) is 4.48. The molecule has 0 spiro atoms. The van der Waals surface area contributed by atoms with Gasteiger partial charge in [-0.3, -0.25) is 19.2 Å². The van der Waals surface area contributed by atoms with Crippen LogP contribution in [0.5, 0.6) is 0 Å². The zero-order chi connectivity index (χ0) is 21.4. The molecule has 0 rings (SSSR count). The molecule has 12 heteroatoms. The fraction of sp³-hybridized carbons (Fsp3) is 0.500. The van der Waals surface area contributed by atoms with E-state index in [1.165, 1.54) is 14.2 Å². The number of esters is 2. The third kappa shape index (κ3) is 12.3. The van der Waals surface area contributed by atoms with Gasteiger partial charge in [-0.1, -0.05) is 0 Å². The molecular formula is C16H22N2O10. The standard InChI is InChI=1S/C16H22N2O10/c1-25-7-5-17-15(23)11(19)9-27-13(21)3-4-14(22)28-10-12(20)16(24)18-6-8-26-2/h3-4H,5-10H2,1-2H3,(H,17,23)(H,18,24)/b4-3+. The predicted octanol–water partition coefficient (Wildman–Crippen LogP) is -2.71. The van der Waals surface area contributed by atoms with Crippen molar-refractivity contribution in [3.8, 4) is 0 Å². The van der Waals surface area contributed by atoms with Crippen LogP contribution in [-0.2, 0) is 47.7 Å². The number of ether oxygens (including phenoxy) is 4. The first-order valence-electron chi connectivity index (χ1n) is 7.93. The Morgan fingerprint density at radius 3 is 1.36 bits per heavy atom. The van der Waals surface area contributed by atoms with Gasteiger partial charge in [-0.05, 0) is 0 Å². The van der Waals surface area contributed by atoms with E-state index in [2.05, 4.69) is 29.6 Å². The van der Waals surface area contributed by atoms with Crippen molar-refractivity contribution in [1.29, 1.82) is 0 Å². The van der Waals surface area contributed by atoms with Gasteiger partial charge in [0.1, 0.15) is 0 Å². The lowest BCUT2D eigenvalue weighted by Crippen LogP contribution is -2.36. The number of amides is 2. The Labute approximate surface area is 160 Å². The van der Waals surface area contributed by atoms with Crippen LogP contribution in [0, 0.1) is 0 Å². The van der Waals surface area contributed by atoms with Crippen molar-refractivity contribution >= 4 is 35.3 Å². The van der Waals surface area contributed by atoms with Crippen molar-refractivity contribution < 1.29 is 47.7 Å². The van der Waals surface area contributed by atoms with Crippen LogP contribution in [0.15, 0.2) is 12.2 Å². The first-order valence-corrected chi connectivity index (χ1v) is 7.93. The first kappa shape index (κ1) is 24.9. The highest BCUT2D eigenvalue weighted by molar-refractivity contribution is 6.37. The summed E-state index contributed by atoms with van der Waals surface area (Å²) in [5.74, 6) is -6.06. The molecular weight excluding hydrogens is 380 g/mol. The lowest BCUT2D eigenvalue weighted by Gasteiger charge is -2.04. The minimum absolute atomic E-state index is 0.115. The van der Waals surface area contributed by atoms with Crippen molar-refractivity contribution in [2.45, 2.75) is 0 Å². The van der Waals surface area contributed by atoms with E-state index in [4.69, 9.17) is 0 Å². The van der Waals surface area contributed by atoms with Gasteiger partial charge in [0.2, 0.25) is 0 Å². The molecule has 0 aliphatic heterocycles. The molecule has 0 aliphatic carbocycles. The van der Waals surface area contributed by atoms with Crippen molar-refractivity contribution in [2.24, 2.45) is 0 Å². The average molecular weight is 402 g/mol. The molecule has 0 aromatic rings. The average Bonchev–Trinajstić information content (AvgIpc) is 2.68. The van der Waals surface area contributed by atoms with Crippen molar-refractivity contribution in [2.75, 3.05) is 53.7 Å². The fourth-order valence-corrected chi connectivity index (χ4v) is 1.37. The summed E-state index contributed by atoms with van der Waals surface area (Å²) in [7, 11) is 2.83. The summed E-state index contributed by atoms with van der Waals surface area (Å²) in [6.45, 7) is -0.996. The second-order valence-electron chi connectivity index (χ2n) is 4.89. The lowest BCUT2D eigenvalue weighted by atomic mass is 10.4. The van der Waals surface area contributed by atoms with Gasteiger partial charge >= 0.3 is 11.9 Å². The van der Waals surface area contributed by atoms with Crippen molar-refractivity contribution in [3.63, 3.8) is 0 Å². The molecule has 0 saturated carbocycles. The maximum atomic E-state index is 11.4. The topological polar surface area (TPSA) is 163 Å². The zero-order valence-corrected chi connectivity index (χ0v) is 15.5. The van der Waals surface area contributed by atoms with E-state index in [1.807, 2.05) is 0 Å². The molecule has 0 unspecified atom stereocenters. The number of hydrogen-bond donors (Lipinski definition) is 2. The zero-order valence-electron chi connectivity index (χ0n) is 15.5. The van der Waals surface area contributed by atoms with E-state index in [-0.39, 0.29) is 26.3 Å². The maximum Gasteiger partial charge on any atom is 0.331 e. The highest BCUT2D eigenvalue weighted by Crippen LogP contribution is 1.88. The molecule has 0 aliphatic rings. The van der Waals surface area contributed by atoms with E-state index in [0.29, 0.717) is 12.2 Å². The SMILES string of the molecule is COCCNC(=O)C(=O)COC(=O)/C=C/C(=O)OCC(=O)C(=O)NCCOC. The second-order valence-corrected chi connectivity index (χ2v) is 4.89. The number of Topliss-reactive ketones (excluding diaryl/α,β-unsaturated/α-hetero) is 2. The Kier molecular flexibility index (Phi) is 13.3. The summed E-state index contributed by atoms with van der Waals surface area (Å²) < 4.78 is 18.3. The van der Waals surface area contributed by atoms with Crippen LogP contribution >= 0.6 is 0 Å². The van der Waals surface area contributed by atoms with E-state index >= 15 is 0 Å². The van der Waals surface area contributed by atoms with E-state index in [1.54, 1.807) is 0 Å².